The van der Waals surface area contributed by atoms with Crippen molar-refractivity contribution >= 4 is 27.6 Å². The number of methoxy groups -OCH3 is 1. The van der Waals surface area contributed by atoms with Gasteiger partial charge in [0.15, 0.2) is 5.78 Å². The summed E-state index contributed by atoms with van der Waals surface area (Å²) in [7, 11) is 1.56. The van der Waals surface area contributed by atoms with Gasteiger partial charge < -0.3 is 15.0 Å². The Balaban J connectivity index is 1.92. The minimum absolute atomic E-state index is 0.0538. The first-order chi connectivity index (χ1) is 9.60. The molecule has 0 saturated heterocycles. The van der Waals surface area contributed by atoms with Crippen molar-refractivity contribution in [3.8, 4) is 5.75 Å². The van der Waals surface area contributed by atoms with Gasteiger partial charge in [-0.2, -0.15) is 0 Å². The number of rotatable bonds is 5. The number of nitrogens with one attached hydrogen (secondary N) is 2. The zero-order valence-electron chi connectivity index (χ0n) is 10.8. The summed E-state index contributed by atoms with van der Waals surface area (Å²) in [6.07, 6.45) is 1.65. The summed E-state index contributed by atoms with van der Waals surface area (Å²) in [5, 5.41) is 2.57. The Bertz CT molecular complexity index is 620. The number of H-pyrrole nitrogens is 1. The lowest BCUT2D eigenvalue weighted by atomic mass is 10.1. The number of amides is 1. The molecule has 2 N–H and O–H groups in total. The molecule has 0 saturated carbocycles. The molecule has 2 aromatic rings. The zero-order chi connectivity index (χ0) is 14.5. The largest absolute Gasteiger partial charge is 0.497 e. The molecule has 0 unspecified atom stereocenters. The van der Waals surface area contributed by atoms with Crippen LogP contribution >= 0.6 is 15.9 Å². The van der Waals surface area contributed by atoms with Gasteiger partial charge >= 0.3 is 0 Å². The SMILES string of the molecule is COc1ccc(C(=O)CNC(=O)c2cc(Br)c[nH]2)cc1. The van der Waals surface area contributed by atoms with Crippen LogP contribution in [0.5, 0.6) is 5.75 Å². The third-order valence-electron chi connectivity index (χ3n) is 2.71. The molecule has 1 heterocycles. The van der Waals surface area contributed by atoms with E-state index in [1.54, 1.807) is 43.6 Å². The van der Waals surface area contributed by atoms with Crippen LogP contribution in [0.25, 0.3) is 0 Å². The summed E-state index contributed by atoms with van der Waals surface area (Å²) < 4.78 is 5.80. The predicted octanol–water partition coefficient (Wildman–Crippen LogP) is 2.40. The Morgan fingerprint density at radius 1 is 1.30 bits per heavy atom. The third-order valence-corrected chi connectivity index (χ3v) is 3.17. The van der Waals surface area contributed by atoms with E-state index in [1.165, 1.54) is 0 Å². The molecule has 0 bridgehead atoms. The van der Waals surface area contributed by atoms with E-state index in [0.717, 1.165) is 4.47 Å². The molecular formula is C14H13BrN2O3. The van der Waals surface area contributed by atoms with E-state index in [1.807, 2.05) is 0 Å². The molecule has 0 aliphatic carbocycles. The molecule has 0 aliphatic heterocycles. The van der Waals surface area contributed by atoms with Crippen molar-refractivity contribution in [1.29, 1.82) is 0 Å². The maximum Gasteiger partial charge on any atom is 0.268 e. The molecule has 0 spiro atoms. The Labute approximate surface area is 124 Å². The number of ketones is 1. The van der Waals surface area contributed by atoms with Gasteiger partial charge in [-0.05, 0) is 46.3 Å². The number of halogens is 1. The summed E-state index contributed by atoms with van der Waals surface area (Å²) in [6, 6.07) is 8.39. The zero-order valence-corrected chi connectivity index (χ0v) is 12.4. The Morgan fingerprint density at radius 2 is 2.00 bits per heavy atom. The number of benzene rings is 1. The molecule has 0 atom stereocenters. The van der Waals surface area contributed by atoms with Gasteiger partial charge in [-0.15, -0.1) is 0 Å². The van der Waals surface area contributed by atoms with Gasteiger partial charge in [-0.1, -0.05) is 0 Å². The highest BCUT2D eigenvalue weighted by Crippen LogP contribution is 2.12. The van der Waals surface area contributed by atoms with Crippen molar-refractivity contribution in [2.45, 2.75) is 0 Å². The molecule has 5 nitrogen and oxygen atoms in total. The van der Waals surface area contributed by atoms with Crippen LogP contribution in [0.4, 0.5) is 0 Å². The second-order valence-corrected chi connectivity index (χ2v) is 4.98. The fraction of sp³-hybridized carbons (Fsp3) is 0.143. The lowest BCUT2D eigenvalue weighted by molar-refractivity contribution is 0.0901. The van der Waals surface area contributed by atoms with Crippen molar-refractivity contribution < 1.29 is 14.3 Å². The van der Waals surface area contributed by atoms with Gasteiger partial charge in [0.2, 0.25) is 0 Å². The lowest BCUT2D eigenvalue weighted by Crippen LogP contribution is -2.29. The number of carbonyl (C=O) groups is 2. The first kappa shape index (κ1) is 14.3. The maximum absolute atomic E-state index is 11.9. The minimum atomic E-state index is -0.322. The van der Waals surface area contributed by atoms with Gasteiger partial charge in [-0.3, -0.25) is 9.59 Å². The van der Waals surface area contributed by atoms with Crippen molar-refractivity contribution in [3.63, 3.8) is 0 Å². The highest BCUT2D eigenvalue weighted by molar-refractivity contribution is 9.10. The van der Waals surface area contributed by atoms with E-state index in [4.69, 9.17) is 4.74 Å². The van der Waals surface area contributed by atoms with Crippen molar-refractivity contribution in [2.75, 3.05) is 13.7 Å². The van der Waals surface area contributed by atoms with Crippen LogP contribution in [-0.2, 0) is 0 Å². The second-order valence-electron chi connectivity index (χ2n) is 4.07. The molecule has 104 valence electrons. The van der Waals surface area contributed by atoms with E-state index >= 15 is 0 Å². The van der Waals surface area contributed by atoms with Crippen LogP contribution in [0, 0.1) is 0 Å². The number of hydrogen-bond acceptors (Lipinski definition) is 3. The Kier molecular flexibility index (Phi) is 4.57. The van der Waals surface area contributed by atoms with Crippen molar-refractivity contribution in [1.82, 2.24) is 10.3 Å². The molecule has 0 radical (unpaired) electrons. The average molecular weight is 337 g/mol. The van der Waals surface area contributed by atoms with E-state index in [0.29, 0.717) is 17.0 Å². The summed E-state index contributed by atoms with van der Waals surface area (Å²) in [5.41, 5.74) is 0.929. The van der Waals surface area contributed by atoms with Gasteiger partial charge in [0, 0.05) is 16.2 Å². The van der Waals surface area contributed by atoms with E-state index < -0.39 is 0 Å². The molecule has 2 rings (SSSR count). The first-order valence-electron chi connectivity index (χ1n) is 5.89. The van der Waals surface area contributed by atoms with Gasteiger partial charge in [-0.25, -0.2) is 0 Å². The van der Waals surface area contributed by atoms with E-state index in [2.05, 4.69) is 26.2 Å². The number of hydrogen-bond donors (Lipinski definition) is 2. The Morgan fingerprint density at radius 3 is 2.55 bits per heavy atom. The average Bonchev–Trinajstić information content (AvgIpc) is 2.91. The van der Waals surface area contributed by atoms with Gasteiger partial charge in [0.05, 0.1) is 13.7 Å². The number of aromatic amines is 1. The molecule has 1 amide bonds. The smallest absolute Gasteiger partial charge is 0.268 e. The Hall–Kier alpha value is -2.08. The fourth-order valence-corrected chi connectivity index (χ4v) is 1.98. The molecule has 1 aromatic carbocycles. The minimum Gasteiger partial charge on any atom is -0.497 e. The number of ether oxygens (including phenoxy) is 1. The molecule has 6 heteroatoms. The molecule has 0 aliphatic rings. The van der Waals surface area contributed by atoms with Crippen LogP contribution in [0.3, 0.4) is 0 Å². The normalized spacial score (nSPS) is 10.1. The summed E-state index contributed by atoms with van der Waals surface area (Å²) in [4.78, 5) is 26.5. The monoisotopic (exact) mass is 336 g/mol. The van der Waals surface area contributed by atoms with Crippen molar-refractivity contribution in [2.24, 2.45) is 0 Å². The van der Waals surface area contributed by atoms with Gasteiger partial charge in [0.25, 0.3) is 5.91 Å². The number of carbonyl (C=O) groups excluding carboxylic acids is 2. The summed E-state index contributed by atoms with van der Waals surface area (Å²) in [5.74, 6) is 0.200. The topological polar surface area (TPSA) is 71.2 Å². The van der Waals surface area contributed by atoms with E-state index in [-0.39, 0.29) is 18.2 Å². The lowest BCUT2D eigenvalue weighted by Gasteiger charge is -2.04. The van der Waals surface area contributed by atoms with Crippen LogP contribution in [0.15, 0.2) is 41.0 Å². The maximum atomic E-state index is 11.9. The molecule has 0 fully saturated rings. The predicted molar refractivity (Wildman–Crippen MR) is 78.2 cm³/mol. The molecule has 20 heavy (non-hydrogen) atoms. The summed E-state index contributed by atoms with van der Waals surface area (Å²) in [6.45, 7) is -0.0538. The quantitative estimate of drug-likeness (QED) is 0.823. The highest BCUT2D eigenvalue weighted by Gasteiger charge is 2.11. The van der Waals surface area contributed by atoms with Gasteiger partial charge in [0.1, 0.15) is 11.4 Å². The molecular weight excluding hydrogens is 324 g/mol. The second kappa shape index (κ2) is 6.38. The standard InChI is InChI=1S/C14H13BrN2O3/c1-20-11-4-2-9(3-5-11)13(18)8-17-14(19)12-6-10(15)7-16-12/h2-7,16H,8H2,1H3,(H,17,19). The van der Waals surface area contributed by atoms with Crippen LogP contribution in [0.2, 0.25) is 0 Å². The first-order valence-corrected chi connectivity index (χ1v) is 6.69. The molecule has 1 aromatic heterocycles. The van der Waals surface area contributed by atoms with Crippen molar-refractivity contribution in [3.05, 3.63) is 52.3 Å². The number of Topliss-reactive ketones (excluding diaryl/α,β-unsaturated/α-hetero) is 1. The van der Waals surface area contributed by atoms with E-state index in [9.17, 15) is 9.59 Å². The third kappa shape index (κ3) is 3.48. The fourth-order valence-electron chi connectivity index (χ4n) is 1.63. The summed E-state index contributed by atoms with van der Waals surface area (Å²) >= 11 is 3.24. The highest BCUT2D eigenvalue weighted by atomic mass is 79.9. The van der Waals surface area contributed by atoms with Crippen LogP contribution in [0.1, 0.15) is 20.8 Å². The van der Waals surface area contributed by atoms with Crippen LogP contribution in [-0.4, -0.2) is 30.3 Å². The number of aromatic nitrogens is 1. The van der Waals surface area contributed by atoms with Crippen LogP contribution < -0.4 is 10.1 Å².